The van der Waals surface area contributed by atoms with Crippen LogP contribution in [-0.2, 0) is 9.53 Å². The highest BCUT2D eigenvalue weighted by molar-refractivity contribution is 5.73. The first kappa shape index (κ1) is 18.8. The Hall–Kier alpha value is -1.93. The van der Waals surface area contributed by atoms with Crippen molar-refractivity contribution in [2.24, 2.45) is 0 Å². The molecule has 0 radical (unpaired) electrons. The van der Waals surface area contributed by atoms with Gasteiger partial charge in [-0.2, -0.15) is 0 Å². The molecule has 3 rings (SSSR count). The number of aromatic nitrogens is 2. The Bertz CT molecular complexity index is 603. The van der Waals surface area contributed by atoms with Crippen molar-refractivity contribution in [3.8, 4) is 0 Å². The number of hydrogen-bond donors (Lipinski definition) is 1. The number of ether oxygens (including phenoxy) is 1. The van der Waals surface area contributed by atoms with Gasteiger partial charge in [0.1, 0.15) is 18.0 Å². The predicted octanol–water partition coefficient (Wildman–Crippen LogP) is 0.666. The first-order chi connectivity index (χ1) is 12.5. The molecule has 1 aromatic rings. The maximum absolute atomic E-state index is 11.6. The Balaban J connectivity index is 1.44. The maximum Gasteiger partial charge on any atom is 0.219 e. The number of nitrogens with zero attached hydrogens (tertiary/aromatic N) is 5. The van der Waals surface area contributed by atoms with Crippen LogP contribution in [0.25, 0.3) is 0 Å². The molecule has 0 bridgehead atoms. The number of carbonyl (C=O) groups is 1. The van der Waals surface area contributed by atoms with E-state index >= 15 is 0 Å². The van der Waals surface area contributed by atoms with Crippen molar-refractivity contribution >= 4 is 17.5 Å². The highest BCUT2D eigenvalue weighted by Crippen LogP contribution is 2.18. The van der Waals surface area contributed by atoms with Gasteiger partial charge in [-0.3, -0.25) is 4.79 Å². The third-order valence-corrected chi connectivity index (χ3v) is 5.10. The average molecular weight is 362 g/mol. The van der Waals surface area contributed by atoms with Crippen LogP contribution in [0.15, 0.2) is 12.4 Å². The van der Waals surface area contributed by atoms with Crippen LogP contribution in [0.1, 0.15) is 19.8 Å². The summed E-state index contributed by atoms with van der Waals surface area (Å²) in [6, 6.07) is 2.41. The van der Waals surface area contributed by atoms with E-state index in [1.165, 1.54) is 0 Å². The van der Waals surface area contributed by atoms with E-state index in [0.717, 1.165) is 44.1 Å². The molecule has 2 aliphatic rings. The standard InChI is InChI=1S/C18H30N6O2/c1-14(25)24-8-9-26-16(12-24)11-23-6-4-15(5-7-23)21-17-10-18(22(2)3)20-13-19-17/h10,13,15-16H,4-9,11-12H2,1-3H3,(H,19,20,21). The lowest BCUT2D eigenvalue weighted by atomic mass is 10.0. The third-order valence-electron chi connectivity index (χ3n) is 5.10. The molecule has 2 fully saturated rings. The van der Waals surface area contributed by atoms with E-state index in [1.807, 2.05) is 30.0 Å². The summed E-state index contributed by atoms with van der Waals surface area (Å²) in [4.78, 5) is 26.4. The number of rotatable bonds is 5. The number of anilines is 2. The first-order valence-corrected chi connectivity index (χ1v) is 9.36. The van der Waals surface area contributed by atoms with Gasteiger partial charge >= 0.3 is 0 Å². The Morgan fingerprint density at radius 2 is 2.08 bits per heavy atom. The minimum Gasteiger partial charge on any atom is -0.373 e. The molecule has 0 aliphatic carbocycles. The van der Waals surface area contributed by atoms with Gasteiger partial charge in [-0.05, 0) is 12.8 Å². The van der Waals surface area contributed by atoms with Gasteiger partial charge in [-0.1, -0.05) is 0 Å². The highest BCUT2D eigenvalue weighted by Gasteiger charge is 2.26. The van der Waals surface area contributed by atoms with Gasteiger partial charge in [-0.25, -0.2) is 9.97 Å². The second kappa shape index (κ2) is 8.64. The van der Waals surface area contributed by atoms with Gasteiger partial charge in [0.15, 0.2) is 0 Å². The van der Waals surface area contributed by atoms with E-state index in [4.69, 9.17) is 4.74 Å². The molecule has 3 heterocycles. The van der Waals surface area contributed by atoms with E-state index in [-0.39, 0.29) is 12.0 Å². The normalized spacial score (nSPS) is 22.3. The number of amides is 1. The largest absolute Gasteiger partial charge is 0.373 e. The Kier molecular flexibility index (Phi) is 6.26. The van der Waals surface area contributed by atoms with Crippen LogP contribution in [0.4, 0.5) is 11.6 Å². The second-order valence-corrected chi connectivity index (χ2v) is 7.33. The molecule has 1 N–H and O–H groups in total. The molecule has 1 amide bonds. The fraction of sp³-hybridized carbons (Fsp3) is 0.722. The number of nitrogens with one attached hydrogen (secondary N) is 1. The predicted molar refractivity (Wildman–Crippen MR) is 101 cm³/mol. The van der Waals surface area contributed by atoms with Gasteiger partial charge in [0.05, 0.1) is 12.7 Å². The quantitative estimate of drug-likeness (QED) is 0.825. The number of piperidine rings is 1. The lowest BCUT2D eigenvalue weighted by Crippen LogP contribution is -2.50. The summed E-state index contributed by atoms with van der Waals surface area (Å²) in [6.07, 6.45) is 3.88. The summed E-state index contributed by atoms with van der Waals surface area (Å²) in [7, 11) is 3.95. The summed E-state index contributed by atoms with van der Waals surface area (Å²) in [5.41, 5.74) is 0. The molecule has 26 heavy (non-hydrogen) atoms. The van der Waals surface area contributed by atoms with Crippen molar-refractivity contribution in [2.45, 2.75) is 31.9 Å². The molecule has 2 saturated heterocycles. The number of likely N-dealkylation sites (tertiary alicyclic amines) is 1. The van der Waals surface area contributed by atoms with Crippen LogP contribution in [0.2, 0.25) is 0 Å². The Morgan fingerprint density at radius 1 is 1.31 bits per heavy atom. The van der Waals surface area contributed by atoms with Crippen molar-refractivity contribution in [3.63, 3.8) is 0 Å². The van der Waals surface area contributed by atoms with E-state index in [0.29, 0.717) is 25.7 Å². The van der Waals surface area contributed by atoms with E-state index in [2.05, 4.69) is 20.2 Å². The molecular weight excluding hydrogens is 332 g/mol. The Morgan fingerprint density at radius 3 is 2.77 bits per heavy atom. The van der Waals surface area contributed by atoms with Gasteiger partial charge in [0.2, 0.25) is 5.91 Å². The Labute approximate surface area is 155 Å². The lowest BCUT2D eigenvalue weighted by molar-refractivity contribution is -0.137. The van der Waals surface area contributed by atoms with Crippen molar-refractivity contribution in [2.75, 3.05) is 63.6 Å². The van der Waals surface area contributed by atoms with Crippen LogP contribution >= 0.6 is 0 Å². The molecule has 8 heteroatoms. The lowest BCUT2D eigenvalue weighted by Gasteiger charge is -2.38. The molecule has 0 spiro atoms. The molecule has 144 valence electrons. The summed E-state index contributed by atoms with van der Waals surface area (Å²) < 4.78 is 5.85. The van der Waals surface area contributed by atoms with Crippen LogP contribution in [0, 0.1) is 0 Å². The van der Waals surface area contributed by atoms with Crippen molar-refractivity contribution in [1.82, 2.24) is 19.8 Å². The fourth-order valence-electron chi connectivity index (χ4n) is 3.54. The molecular formula is C18H30N6O2. The van der Waals surface area contributed by atoms with Crippen molar-refractivity contribution in [3.05, 3.63) is 12.4 Å². The van der Waals surface area contributed by atoms with Gasteiger partial charge in [0, 0.05) is 65.9 Å². The number of morpholine rings is 1. The minimum atomic E-state index is 0.127. The molecule has 0 saturated carbocycles. The molecule has 2 aliphatic heterocycles. The monoisotopic (exact) mass is 362 g/mol. The van der Waals surface area contributed by atoms with Gasteiger partial charge < -0.3 is 24.8 Å². The average Bonchev–Trinajstić information content (AvgIpc) is 2.64. The summed E-state index contributed by atoms with van der Waals surface area (Å²) in [5, 5.41) is 3.53. The van der Waals surface area contributed by atoms with E-state index in [1.54, 1.807) is 13.3 Å². The third kappa shape index (κ3) is 5.04. The first-order valence-electron chi connectivity index (χ1n) is 9.36. The summed E-state index contributed by atoms with van der Waals surface area (Å²) in [5.74, 6) is 1.93. The molecule has 1 aromatic heterocycles. The number of hydrogen-bond acceptors (Lipinski definition) is 7. The van der Waals surface area contributed by atoms with Crippen LogP contribution in [0.5, 0.6) is 0 Å². The zero-order valence-corrected chi connectivity index (χ0v) is 16.0. The SMILES string of the molecule is CC(=O)N1CCOC(CN2CCC(Nc3cc(N(C)C)ncn3)CC2)C1. The molecule has 1 atom stereocenters. The molecule has 8 nitrogen and oxygen atoms in total. The van der Waals surface area contributed by atoms with Crippen LogP contribution in [0.3, 0.4) is 0 Å². The van der Waals surface area contributed by atoms with E-state index < -0.39 is 0 Å². The maximum atomic E-state index is 11.6. The van der Waals surface area contributed by atoms with Crippen LogP contribution < -0.4 is 10.2 Å². The molecule has 1 unspecified atom stereocenters. The summed E-state index contributed by atoms with van der Waals surface area (Å²) in [6.45, 7) is 6.66. The van der Waals surface area contributed by atoms with Crippen molar-refractivity contribution < 1.29 is 9.53 Å². The molecule has 0 aromatic carbocycles. The summed E-state index contributed by atoms with van der Waals surface area (Å²) >= 11 is 0. The van der Waals surface area contributed by atoms with Gasteiger partial charge in [-0.15, -0.1) is 0 Å². The van der Waals surface area contributed by atoms with Crippen LogP contribution in [-0.4, -0.2) is 91.2 Å². The zero-order chi connectivity index (χ0) is 18.5. The van der Waals surface area contributed by atoms with Crippen molar-refractivity contribution in [1.29, 1.82) is 0 Å². The highest BCUT2D eigenvalue weighted by atomic mass is 16.5. The minimum absolute atomic E-state index is 0.127. The topological polar surface area (TPSA) is 73.8 Å². The fourth-order valence-corrected chi connectivity index (χ4v) is 3.54. The smallest absolute Gasteiger partial charge is 0.219 e. The number of carbonyl (C=O) groups excluding carboxylic acids is 1. The second-order valence-electron chi connectivity index (χ2n) is 7.33. The van der Waals surface area contributed by atoms with E-state index in [9.17, 15) is 4.79 Å². The zero-order valence-electron chi connectivity index (χ0n) is 16.0. The van der Waals surface area contributed by atoms with Gasteiger partial charge in [0.25, 0.3) is 0 Å².